The number of carbonyl (C=O) groups is 2. The first-order chi connectivity index (χ1) is 8.90. The molecule has 100 valence electrons. The molecule has 3 rings (SSSR count). The Labute approximate surface area is 118 Å². The second-order valence-corrected chi connectivity index (χ2v) is 5.98. The number of rotatable bonds is 0. The minimum atomic E-state index is -0.974. The van der Waals surface area contributed by atoms with Crippen LogP contribution in [-0.4, -0.2) is 40.6 Å². The lowest BCUT2D eigenvalue weighted by Gasteiger charge is -2.49. The van der Waals surface area contributed by atoms with E-state index in [4.69, 9.17) is 9.84 Å². The van der Waals surface area contributed by atoms with Crippen molar-refractivity contribution in [3.63, 3.8) is 0 Å². The smallest absolute Gasteiger partial charge is 0.407 e. The maximum absolute atomic E-state index is 12.2. The average Bonchev–Trinajstić information content (AvgIpc) is 2.28. The van der Waals surface area contributed by atoms with Crippen molar-refractivity contribution < 1.29 is 19.4 Å². The molecule has 0 atom stereocenters. The van der Waals surface area contributed by atoms with E-state index in [-0.39, 0.29) is 25.3 Å². The zero-order chi connectivity index (χ0) is 13.8. The van der Waals surface area contributed by atoms with Gasteiger partial charge in [0.2, 0.25) is 0 Å². The van der Waals surface area contributed by atoms with Gasteiger partial charge >= 0.3 is 6.09 Å². The van der Waals surface area contributed by atoms with E-state index in [1.807, 2.05) is 13.0 Å². The maximum Gasteiger partial charge on any atom is 0.407 e. The van der Waals surface area contributed by atoms with Crippen molar-refractivity contribution in [3.8, 4) is 5.75 Å². The van der Waals surface area contributed by atoms with Gasteiger partial charge in [0.15, 0.2) is 11.4 Å². The third-order valence-electron chi connectivity index (χ3n) is 3.60. The van der Waals surface area contributed by atoms with E-state index in [1.54, 1.807) is 6.07 Å². The Bertz CT molecular complexity index is 593. The van der Waals surface area contributed by atoms with Crippen molar-refractivity contribution in [3.05, 3.63) is 27.7 Å². The number of ether oxygens (including phenoxy) is 1. The third kappa shape index (κ3) is 1.90. The number of fused-ring (bicyclic) bond motifs is 1. The predicted octanol–water partition coefficient (Wildman–Crippen LogP) is 2.46. The summed E-state index contributed by atoms with van der Waals surface area (Å²) in [6.45, 7) is 2.41. The number of halogens is 1. The highest BCUT2D eigenvalue weighted by Gasteiger charge is 2.51. The zero-order valence-corrected chi connectivity index (χ0v) is 11.9. The summed E-state index contributed by atoms with van der Waals surface area (Å²) >= 11 is 3.41. The molecule has 1 fully saturated rings. The second-order valence-electron chi connectivity index (χ2n) is 5.12. The minimum absolute atomic E-state index is 0.0156. The normalized spacial score (nSPS) is 19.7. The van der Waals surface area contributed by atoms with E-state index < -0.39 is 11.7 Å². The summed E-state index contributed by atoms with van der Waals surface area (Å²) in [5.74, 6) is 0.556. The number of hydrogen-bond acceptors (Lipinski definition) is 3. The molecule has 0 aliphatic carbocycles. The van der Waals surface area contributed by atoms with Crippen LogP contribution >= 0.6 is 15.9 Å². The SMILES string of the molecule is Cc1cc2c(cc1Br)OC1(CC2=O)CN(C(=O)O)C1. The molecule has 2 heterocycles. The van der Waals surface area contributed by atoms with E-state index in [2.05, 4.69) is 15.9 Å². The standard InChI is InChI=1S/C13H12BrNO4/c1-7-2-8-10(16)4-13(5-15(6-13)12(17)18)19-11(8)3-9(7)14/h2-3H,4-6H2,1H3,(H,17,18). The van der Waals surface area contributed by atoms with Gasteiger partial charge in [0.25, 0.3) is 0 Å². The summed E-state index contributed by atoms with van der Waals surface area (Å²) in [5.41, 5.74) is 0.893. The lowest BCUT2D eigenvalue weighted by Crippen LogP contribution is -2.67. The fourth-order valence-electron chi connectivity index (χ4n) is 2.58. The van der Waals surface area contributed by atoms with Gasteiger partial charge in [0.05, 0.1) is 25.1 Å². The van der Waals surface area contributed by atoms with Crippen molar-refractivity contribution in [2.75, 3.05) is 13.1 Å². The zero-order valence-electron chi connectivity index (χ0n) is 10.3. The molecule has 19 heavy (non-hydrogen) atoms. The number of carbonyl (C=O) groups excluding carboxylic acids is 1. The highest BCUT2D eigenvalue weighted by Crippen LogP contribution is 2.40. The Morgan fingerprint density at radius 1 is 1.47 bits per heavy atom. The summed E-state index contributed by atoms with van der Waals surface area (Å²) in [5, 5.41) is 8.87. The number of Topliss-reactive ketones (excluding diaryl/α,β-unsaturated/α-hetero) is 1. The molecular weight excluding hydrogens is 314 g/mol. The number of hydrogen-bond donors (Lipinski definition) is 1. The highest BCUT2D eigenvalue weighted by atomic mass is 79.9. The van der Waals surface area contributed by atoms with Gasteiger partial charge in [-0.2, -0.15) is 0 Å². The van der Waals surface area contributed by atoms with Gasteiger partial charge in [0.1, 0.15) is 5.75 Å². The number of amides is 1. The van der Waals surface area contributed by atoms with Crippen LogP contribution in [-0.2, 0) is 0 Å². The number of aryl methyl sites for hydroxylation is 1. The van der Waals surface area contributed by atoms with Gasteiger partial charge in [-0.3, -0.25) is 4.79 Å². The third-order valence-corrected chi connectivity index (χ3v) is 4.45. The molecule has 2 aliphatic rings. The monoisotopic (exact) mass is 325 g/mol. The molecule has 1 N–H and O–H groups in total. The summed E-state index contributed by atoms with van der Waals surface area (Å²) < 4.78 is 6.77. The van der Waals surface area contributed by atoms with E-state index in [0.717, 1.165) is 10.0 Å². The average molecular weight is 326 g/mol. The molecule has 6 heteroatoms. The molecule has 0 aromatic heterocycles. The van der Waals surface area contributed by atoms with Crippen LogP contribution in [0.25, 0.3) is 0 Å². The molecule has 1 aromatic rings. The van der Waals surface area contributed by atoms with Crippen molar-refractivity contribution in [2.45, 2.75) is 18.9 Å². The van der Waals surface area contributed by atoms with Crippen LogP contribution in [0, 0.1) is 6.92 Å². The Balaban J connectivity index is 1.91. The first-order valence-electron chi connectivity index (χ1n) is 5.90. The number of benzene rings is 1. The van der Waals surface area contributed by atoms with E-state index in [0.29, 0.717) is 11.3 Å². The molecule has 1 saturated heterocycles. The van der Waals surface area contributed by atoms with E-state index in [9.17, 15) is 9.59 Å². The number of likely N-dealkylation sites (tertiary alicyclic amines) is 1. The molecule has 1 aromatic carbocycles. The quantitative estimate of drug-likeness (QED) is 0.795. The van der Waals surface area contributed by atoms with Crippen molar-refractivity contribution >= 4 is 27.8 Å². The molecule has 1 spiro atoms. The Hall–Kier alpha value is -1.56. The van der Waals surface area contributed by atoms with Crippen LogP contribution in [0.2, 0.25) is 0 Å². The number of carboxylic acid groups (broad SMARTS) is 1. The van der Waals surface area contributed by atoms with Gasteiger partial charge in [-0.05, 0) is 24.6 Å². The van der Waals surface area contributed by atoms with Crippen LogP contribution in [0.15, 0.2) is 16.6 Å². The summed E-state index contributed by atoms with van der Waals surface area (Å²) in [4.78, 5) is 24.2. The summed E-state index contributed by atoms with van der Waals surface area (Å²) in [7, 11) is 0. The van der Waals surface area contributed by atoms with Gasteiger partial charge in [-0.15, -0.1) is 0 Å². The largest absolute Gasteiger partial charge is 0.482 e. The van der Waals surface area contributed by atoms with E-state index >= 15 is 0 Å². The Kier molecular flexibility index (Phi) is 2.60. The molecule has 1 amide bonds. The van der Waals surface area contributed by atoms with Gasteiger partial charge in [-0.25, -0.2) is 4.79 Å². The van der Waals surface area contributed by atoms with Crippen LogP contribution < -0.4 is 4.74 Å². The van der Waals surface area contributed by atoms with Crippen molar-refractivity contribution in [2.24, 2.45) is 0 Å². The molecule has 0 bridgehead atoms. The van der Waals surface area contributed by atoms with Gasteiger partial charge in [-0.1, -0.05) is 15.9 Å². The maximum atomic E-state index is 12.2. The van der Waals surface area contributed by atoms with Crippen LogP contribution in [0.4, 0.5) is 4.79 Å². The summed E-state index contributed by atoms with van der Waals surface area (Å²) in [6, 6.07) is 3.59. The fourth-order valence-corrected chi connectivity index (χ4v) is 2.91. The lowest BCUT2D eigenvalue weighted by atomic mass is 9.84. The molecule has 0 saturated carbocycles. The second kappa shape index (κ2) is 3.96. The number of nitrogens with zero attached hydrogens (tertiary/aromatic N) is 1. The van der Waals surface area contributed by atoms with Crippen molar-refractivity contribution in [1.29, 1.82) is 0 Å². The fraction of sp³-hybridized carbons (Fsp3) is 0.385. The molecule has 0 radical (unpaired) electrons. The minimum Gasteiger partial charge on any atom is -0.482 e. The van der Waals surface area contributed by atoms with E-state index in [1.165, 1.54) is 4.90 Å². The van der Waals surface area contributed by atoms with Crippen LogP contribution in [0.1, 0.15) is 22.3 Å². The molecule has 5 nitrogen and oxygen atoms in total. The predicted molar refractivity (Wildman–Crippen MR) is 70.8 cm³/mol. The summed E-state index contributed by atoms with van der Waals surface area (Å²) in [6.07, 6.45) is -0.734. The number of ketones is 1. The van der Waals surface area contributed by atoms with Gasteiger partial charge in [0, 0.05) is 4.47 Å². The molecule has 0 unspecified atom stereocenters. The first kappa shape index (κ1) is 12.5. The molecule has 2 aliphatic heterocycles. The topological polar surface area (TPSA) is 66.8 Å². The van der Waals surface area contributed by atoms with Gasteiger partial charge < -0.3 is 14.7 Å². The Morgan fingerprint density at radius 3 is 2.79 bits per heavy atom. The van der Waals surface area contributed by atoms with Crippen molar-refractivity contribution in [1.82, 2.24) is 4.90 Å². The van der Waals surface area contributed by atoms with Crippen LogP contribution in [0.5, 0.6) is 5.75 Å². The Morgan fingerprint density at radius 2 is 2.16 bits per heavy atom. The first-order valence-corrected chi connectivity index (χ1v) is 6.70. The van der Waals surface area contributed by atoms with Crippen LogP contribution in [0.3, 0.4) is 0 Å². The molecular formula is C13H12BrNO4. The highest BCUT2D eigenvalue weighted by molar-refractivity contribution is 9.10. The lowest BCUT2D eigenvalue weighted by molar-refractivity contribution is -0.0685.